The van der Waals surface area contributed by atoms with Crippen LogP contribution >= 0.6 is 0 Å². The van der Waals surface area contributed by atoms with Gasteiger partial charge in [0.1, 0.15) is 11.4 Å². The second kappa shape index (κ2) is 9.76. The summed E-state index contributed by atoms with van der Waals surface area (Å²) >= 11 is 0. The summed E-state index contributed by atoms with van der Waals surface area (Å²) in [5.41, 5.74) is 6.19. The SMILES string of the molecule is CCCN(CCN=C(N)Nc1ccc(OC)cc1)C(=O)OC(C)(C)C. The number of hydrogen-bond acceptors (Lipinski definition) is 4. The van der Waals surface area contributed by atoms with E-state index in [1.165, 1.54) is 0 Å². The zero-order chi connectivity index (χ0) is 18.9. The largest absolute Gasteiger partial charge is 0.497 e. The number of methoxy groups -OCH3 is 1. The highest BCUT2D eigenvalue weighted by Crippen LogP contribution is 2.14. The van der Waals surface area contributed by atoms with Crippen LogP contribution in [0.15, 0.2) is 29.3 Å². The summed E-state index contributed by atoms with van der Waals surface area (Å²) < 4.78 is 10.5. The average molecular weight is 350 g/mol. The highest BCUT2D eigenvalue weighted by molar-refractivity contribution is 5.92. The molecule has 7 heteroatoms. The number of guanidine groups is 1. The van der Waals surface area contributed by atoms with Crippen molar-refractivity contribution in [3.05, 3.63) is 24.3 Å². The first-order valence-corrected chi connectivity index (χ1v) is 8.44. The molecule has 1 aromatic carbocycles. The van der Waals surface area contributed by atoms with Gasteiger partial charge in [0.25, 0.3) is 0 Å². The van der Waals surface area contributed by atoms with E-state index in [1.807, 2.05) is 52.0 Å². The molecule has 1 amide bonds. The summed E-state index contributed by atoms with van der Waals surface area (Å²) in [7, 11) is 1.62. The molecule has 0 spiro atoms. The molecule has 0 heterocycles. The summed E-state index contributed by atoms with van der Waals surface area (Å²) in [4.78, 5) is 18.1. The summed E-state index contributed by atoms with van der Waals surface area (Å²) in [5, 5.41) is 3.00. The summed E-state index contributed by atoms with van der Waals surface area (Å²) in [6.07, 6.45) is 0.522. The van der Waals surface area contributed by atoms with Gasteiger partial charge >= 0.3 is 6.09 Å². The maximum atomic E-state index is 12.2. The van der Waals surface area contributed by atoms with Crippen LogP contribution in [-0.2, 0) is 4.74 Å². The summed E-state index contributed by atoms with van der Waals surface area (Å²) in [6.45, 7) is 9.04. The van der Waals surface area contributed by atoms with Gasteiger partial charge in [0, 0.05) is 18.8 Å². The monoisotopic (exact) mass is 350 g/mol. The van der Waals surface area contributed by atoms with Crippen molar-refractivity contribution in [2.75, 3.05) is 32.1 Å². The van der Waals surface area contributed by atoms with Crippen LogP contribution in [0.1, 0.15) is 34.1 Å². The van der Waals surface area contributed by atoms with Crippen LogP contribution < -0.4 is 15.8 Å². The number of aliphatic imine (C=N–C) groups is 1. The predicted octanol–water partition coefficient (Wildman–Crippen LogP) is 3.07. The van der Waals surface area contributed by atoms with Crippen molar-refractivity contribution in [2.45, 2.75) is 39.7 Å². The maximum Gasteiger partial charge on any atom is 0.410 e. The minimum atomic E-state index is -0.513. The molecule has 25 heavy (non-hydrogen) atoms. The molecule has 0 aliphatic heterocycles. The van der Waals surface area contributed by atoms with Crippen LogP contribution in [0.2, 0.25) is 0 Å². The van der Waals surface area contributed by atoms with Gasteiger partial charge in [0.15, 0.2) is 5.96 Å². The Morgan fingerprint density at radius 3 is 2.40 bits per heavy atom. The number of nitrogens with two attached hydrogens (primary N) is 1. The Labute approximate surface area is 150 Å². The molecule has 7 nitrogen and oxygen atoms in total. The number of carbonyl (C=O) groups excluding carboxylic acids is 1. The van der Waals surface area contributed by atoms with Gasteiger partial charge in [-0.3, -0.25) is 4.99 Å². The number of anilines is 1. The molecule has 0 unspecified atom stereocenters. The van der Waals surface area contributed by atoms with Crippen LogP contribution in [-0.4, -0.2) is 49.3 Å². The molecule has 0 atom stereocenters. The lowest BCUT2D eigenvalue weighted by atomic mass is 10.2. The number of amides is 1. The van der Waals surface area contributed by atoms with E-state index < -0.39 is 5.60 Å². The van der Waals surface area contributed by atoms with Crippen LogP contribution in [0.4, 0.5) is 10.5 Å². The second-order valence-electron chi connectivity index (χ2n) is 6.59. The lowest BCUT2D eigenvalue weighted by molar-refractivity contribution is 0.0256. The van der Waals surface area contributed by atoms with Crippen LogP contribution in [0.5, 0.6) is 5.75 Å². The zero-order valence-corrected chi connectivity index (χ0v) is 15.8. The Balaban J connectivity index is 2.54. The second-order valence-corrected chi connectivity index (χ2v) is 6.59. The number of nitrogens with one attached hydrogen (secondary N) is 1. The number of benzene rings is 1. The molecule has 0 fully saturated rings. The molecule has 140 valence electrons. The summed E-state index contributed by atoms with van der Waals surface area (Å²) in [6, 6.07) is 7.37. The number of nitrogens with zero attached hydrogens (tertiary/aromatic N) is 2. The Morgan fingerprint density at radius 1 is 1.24 bits per heavy atom. The van der Waals surface area contributed by atoms with Gasteiger partial charge in [0.2, 0.25) is 0 Å². The van der Waals surface area contributed by atoms with E-state index in [2.05, 4.69) is 10.3 Å². The fourth-order valence-electron chi connectivity index (χ4n) is 2.04. The van der Waals surface area contributed by atoms with Crippen molar-refractivity contribution in [1.82, 2.24) is 4.90 Å². The molecule has 1 aromatic rings. The van der Waals surface area contributed by atoms with E-state index >= 15 is 0 Å². The predicted molar refractivity (Wildman–Crippen MR) is 101 cm³/mol. The van der Waals surface area contributed by atoms with Gasteiger partial charge in [-0.1, -0.05) is 6.92 Å². The Bertz CT molecular complexity index is 565. The first-order valence-electron chi connectivity index (χ1n) is 8.44. The highest BCUT2D eigenvalue weighted by atomic mass is 16.6. The highest BCUT2D eigenvalue weighted by Gasteiger charge is 2.21. The summed E-state index contributed by atoms with van der Waals surface area (Å²) in [5.74, 6) is 1.07. The number of hydrogen-bond donors (Lipinski definition) is 2. The fourth-order valence-corrected chi connectivity index (χ4v) is 2.04. The molecular weight excluding hydrogens is 320 g/mol. The third kappa shape index (κ3) is 8.28. The van der Waals surface area contributed by atoms with E-state index in [1.54, 1.807) is 12.0 Å². The van der Waals surface area contributed by atoms with E-state index in [4.69, 9.17) is 15.2 Å². The van der Waals surface area contributed by atoms with Gasteiger partial charge in [-0.15, -0.1) is 0 Å². The van der Waals surface area contributed by atoms with Gasteiger partial charge in [-0.05, 0) is 51.5 Å². The minimum Gasteiger partial charge on any atom is -0.497 e. The molecule has 0 radical (unpaired) electrons. The fraction of sp³-hybridized carbons (Fsp3) is 0.556. The van der Waals surface area contributed by atoms with Crippen molar-refractivity contribution in [1.29, 1.82) is 0 Å². The lowest BCUT2D eigenvalue weighted by Crippen LogP contribution is -2.39. The van der Waals surface area contributed by atoms with Crippen molar-refractivity contribution in [2.24, 2.45) is 10.7 Å². The number of rotatable bonds is 7. The zero-order valence-electron chi connectivity index (χ0n) is 15.8. The lowest BCUT2D eigenvalue weighted by Gasteiger charge is -2.26. The van der Waals surface area contributed by atoms with Gasteiger partial charge in [-0.25, -0.2) is 4.79 Å². The topological polar surface area (TPSA) is 89.2 Å². The molecule has 0 saturated heterocycles. The van der Waals surface area contributed by atoms with E-state index in [0.717, 1.165) is 17.9 Å². The van der Waals surface area contributed by atoms with Crippen molar-refractivity contribution in [3.63, 3.8) is 0 Å². The van der Waals surface area contributed by atoms with E-state index in [9.17, 15) is 4.79 Å². The van der Waals surface area contributed by atoms with E-state index in [-0.39, 0.29) is 6.09 Å². The molecule has 1 rings (SSSR count). The first kappa shape index (κ1) is 20.6. The molecule has 0 aliphatic carbocycles. The van der Waals surface area contributed by atoms with Crippen LogP contribution in [0.25, 0.3) is 0 Å². The molecule has 0 saturated carbocycles. The Hall–Kier alpha value is -2.44. The first-order chi connectivity index (χ1) is 11.7. The van der Waals surface area contributed by atoms with Crippen LogP contribution in [0, 0.1) is 0 Å². The van der Waals surface area contributed by atoms with Gasteiger partial charge in [0.05, 0.1) is 13.7 Å². The maximum absolute atomic E-state index is 12.2. The average Bonchev–Trinajstić information content (AvgIpc) is 2.53. The molecule has 0 bridgehead atoms. The van der Waals surface area contributed by atoms with E-state index in [0.29, 0.717) is 25.6 Å². The third-order valence-electron chi connectivity index (χ3n) is 3.16. The standard InChI is InChI=1S/C18H30N4O3/c1-6-12-22(17(23)25-18(2,3)4)13-11-20-16(19)21-14-7-9-15(24-5)10-8-14/h7-10H,6,11-13H2,1-5H3,(H3,19,20,21). The molecule has 3 N–H and O–H groups in total. The third-order valence-corrected chi connectivity index (χ3v) is 3.16. The Morgan fingerprint density at radius 2 is 1.88 bits per heavy atom. The molecule has 0 aliphatic rings. The molecule has 0 aromatic heterocycles. The van der Waals surface area contributed by atoms with Crippen molar-refractivity contribution < 1.29 is 14.3 Å². The molecular formula is C18H30N4O3. The smallest absolute Gasteiger partial charge is 0.410 e. The van der Waals surface area contributed by atoms with Gasteiger partial charge < -0.3 is 25.4 Å². The number of carbonyl (C=O) groups is 1. The minimum absolute atomic E-state index is 0.297. The van der Waals surface area contributed by atoms with Crippen molar-refractivity contribution in [3.8, 4) is 5.75 Å². The Kier molecular flexibility index (Phi) is 8.04. The normalized spacial score (nSPS) is 11.8. The van der Waals surface area contributed by atoms with Crippen LogP contribution in [0.3, 0.4) is 0 Å². The van der Waals surface area contributed by atoms with Crippen molar-refractivity contribution >= 4 is 17.7 Å². The van der Waals surface area contributed by atoms with Gasteiger partial charge in [-0.2, -0.15) is 0 Å². The quantitative estimate of drug-likeness (QED) is 0.583. The number of ether oxygens (including phenoxy) is 2.